The van der Waals surface area contributed by atoms with Crippen LogP contribution in [0.25, 0.3) is 0 Å². The highest BCUT2D eigenvalue weighted by Gasteiger charge is 2.40. The number of ketones is 1. The second kappa shape index (κ2) is 16.6. The van der Waals surface area contributed by atoms with Crippen LogP contribution < -0.4 is 0 Å². The van der Waals surface area contributed by atoms with Crippen molar-refractivity contribution in [2.75, 3.05) is 41.0 Å². The molecule has 0 spiro atoms. The molecule has 0 aromatic heterocycles. The standard InChI is InChI=1S/C23H43NO6/c1-5-6-7-8-9-10-11-12-22(25)19(2)23(26)24-20(15-29-17-27-3)13-14-21(24)16-30-18-28-4/h19-21H,5-18H2,1-4H3/t19-,20-,21-/m0/s1. The van der Waals surface area contributed by atoms with Crippen LogP contribution in [0.3, 0.4) is 0 Å². The van der Waals surface area contributed by atoms with E-state index < -0.39 is 5.92 Å². The smallest absolute Gasteiger partial charge is 0.233 e. The fraction of sp³-hybridized carbons (Fsp3) is 0.913. The van der Waals surface area contributed by atoms with Crippen molar-refractivity contribution in [3.05, 3.63) is 0 Å². The van der Waals surface area contributed by atoms with Gasteiger partial charge >= 0.3 is 0 Å². The van der Waals surface area contributed by atoms with E-state index in [0.29, 0.717) is 19.6 Å². The Morgan fingerprint density at radius 1 is 0.867 bits per heavy atom. The molecule has 3 atom stereocenters. The van der Waals surface area contributed by atoms with Gasteiger partial charge in [-0.15, -0.1) is 0 Å². The van der Waals surface area contributed by atoms with Gasteiger partial charge in [-0.2, -0.15) is 0 Å². The third-order valence-electron chi connectivity index (χ3n) is 5.78. The average Bonchev–Trinajstić information content (AvgIpc) is 3.14. The molecule has 1 rings (SSSR count). The number of carbonyl (C=O) groups is 2. The molecule has 0 aromatic rings. The average molecular weight is 430 g/mol. The summed E-state index contributed by atoms with van der Waals surface area (Å²) in [6.07, 6.45) is 10.2. The van der Waals surface area contributed by atoms with E-state index in [1.54, 1.807) is 21.1 Å². The molecule has 1 fully saturated rings. The molecule has 7 nitrogen and oxygen atoms in total. The fourth-order valence-corrected chi connectivity index (χ4v) is 4.02. The third-order valence-corrected chi connectivity index (χ3v) is 5.78. The number of methoxy groups -OCH3 is 2. The number of likely N-dealkylation sites (tertiary alicyclic amines) is 1. The number of nitrogens with zero attached hydrogens (tertiary/aromatic N) is 1. The Bertz CT molecular complexity index is 455. The Hall–Kier alpha value is -1.02. The molecule has 0 N–H and O–H groups in total. The van der Waals surface area contributed by atoms with Crippen molar-refractivity contribution in [2.24, 2.45) is 5.92 Å². The molecule has 0 aromatic carbocycles. The second-order valence-electron chi connectivity index (χ2n) is 8.24. The lowest BCUT2D eigenvalue weighted by atomic mass is 9.98. The minimum atomic E-state index is -0.627. The first-order valence-electron chi connectivity index (χ1n) is 11.5. The quantitative estimate of drug-likeness (QED) is 0.187. The first-order chi connectivity index (χ1) is 14.6. The van der Waals surface area contributed by atoms with Crippen molar-refractivity contribution in [3.63, 3.8) is 0 Å². The van der Waals surface area contributed by atoms with Gasteiger partial charge in [-0.3, -0.25) is 9.59 Å². The molecule has 0 aliphatic carbocycles. The fourth-order valence-electron chi connectivity index (χ4n) is 4.02. The van der Waals surface area contributed by atoms with Crippen LogP contribution in [0.4, 0.5) is 0 Å². The molecular weight excluding hydrogens is 386 g/mol. The maximum atomic E-state index is 13.2. The summed E-state index contributed by atoms with van der Waals surface area (Å²) in [5.74, 6) is -0.705. The van der Waals surface area contributed by atoms with E-state index in [2.05, 4.69) is 6.92 Å². The normalized spacial score (nSPS) is 19.9. The van der Waals surface area contributed by atoms with Gasteiger partial charge in [0.1, 0.15) is 19.4 Å². The van der Waals surface area contributed by atoms with Gasteiger partial charge in [-0.1, -0.05) is 45.4 Å². The van der Waals surface area contributed by atoms with Crippen LogP contribution >= 0.6 is 0 Å². The molecule has 30 heavy (non-hydrogen) atoms. The van der Waals surface area contributed by atoms with Gasteiger partial charge in [-0.25, -0.2) is 0 Å². The number of hydrogen-bond acceptors (Lipinski definition) is 6. The number of ether oxygens (including phenoxy) is 4. The summed E-state index contributed by atoms with van der Waals surface area (Å²) < 4.78 is 20.9. The Morgan fingerprint density at radius 3 is 1.87 bits per heavy atom. The molecule has 1 aliphatic rings. The maximum Gasteiger partial charge on any atom is 0.233 e. The number of unbranched alkanes of at least 4 members (excludes halogenated alkanes) is 6. The largest absolute Gasteiger partial charge is 0.359 e. The van der Waals surface area contributed by atoms with E-state index in [9.17, 15) is 9.59 Å². The van der Waals surface area contributed by atoms with Crippen LogP contribution in [0.1, 0.15) is 78.1 Å². The SMILES string of the molecule is CCCCCCCCCC(=O)[C@H](C)C(=O)N1[C@H](COCOC)CC[C@H]1COCOC. The zero-order valence-electron chi connectivity index (χ0n) is 19.5. The van der Waals surface area contributed by atoms with Crippen LogP contribution in [0.2, 0.25) is 0 Å². The molecule has 1 saturated heterocycles. The Balaban J connectivity index is 2.55. The number of amides is 1. The summed E-state index contributed by atoms with van der Waals surface area (Å²) in [4.78, 5) is 27.7. The molecule has 7 heteroatoms. The van der Waals surface area contributed by atoms with Crippen molar-refractivity contribution in [1.82, 2.24) is 4.90 Å². The van der Waals surface area contributed by atoms with Gasteiger partial charge in [0.2, 0.25) is 5.91 Å². The number of rotatable bonds is 18. The topological polar surface area (TPSA) is 74.3 Å². The summed E-state index contributed by atoms with van der Waals surface area (Å²) >= 11 is 0. The van der Waals surface area contributed by atoms with Crippen molar-refractivity contribution in [3.8, 4) is 0 Å². The van der Waals surface area contributed by atoms with Crippen molar-refractivity contribution < 1.29 is 28.5 Å². The summed E-state index contributed by atoms with van der Waals surface area (Å²) in [7, 11) is 3.15. The predicted octanol–water partition coefficient (Wildman–Crippen LogP) is 3.93. The molecular formula is C23H43NO6. The Morgan fingerprint density at radius 2 is 1.37 bits per heavy atom. The van der Waals surface area contributed by atoms with E-state index in [4.69, 9.17) is 18.9 Å². The van der Waals surface area contributed by atoms with Crippen molar-refractivity contribution in [1.29, 1.82) is 0 Å². The van der Waals surface area contributed by atoms with Gasteiger partial charge < -0.3 is 23.8 Å². The lowest BCUT2D eigenvalue weighted by Gasteiger charge is -2.32. The molecule has 0 unspecified atom stereocenters. The van der Waals surface area contributed by atoms with Crippen LogP contribution in [0.15, 0.2) is 0 Å². The monoisotopic (exact) mass is 429 g/mol. The lowest BCUT2D eigenvalue weighted by molar-refractivity contribution is -0.147. The molecule has 1 heterocycles. The minimum Gasteiger partial charge on any atom is -0.359 e. The van der Waals surface area contributed by atoms with Crippen LogP contribution in [0, 0.1) is 5.92 Å². The predicted molar refractivity (Wildman–Crippen MR) is 116 cm³/mol. The maximum absolute atomic E-state index is 13.2. The first-order valence-corrected chi connectivity index (χ1v) is 11.5. The van der Waals surface area contributed by atoms with E-state index >= 15 is 0 Å². The molecule has 1 aliphatic heterocycles. The highest BCUT2D eigenvalue weighted by Crippen LogP contribution is 2.27. The van der Waals surface area contributed by atoms with Gasteiger partial charge in [0.15, 0.2) is 0 Å². The summed E-state index contributed by atoms with van der Waals surface area (Å²) in [5, 5.41) is 0. The van der Waals surface area contributed by atoms with E-state index in [1.807, 2.05) is 4.90 Å². The van der Waals surface area contributed by atoms with Crippen molar-refractivity contribution >= 4 is 11.7 Å². The van der Waals surface area contributed by atoms with Gasteiger partial charge in [0.05, 0.1) is 31.2 Å². The molecule has 0 saturated carbocycles. The zero-order valence-corrected chi connectivity index (χ0v) is 19.5. The van der Waals surface area contributed by atoms with Crippen LogP contribution in [-0.2, 0) is 28.5 Å². The molecule has 176 valence electrons. The van der Waals surface area contributed by atoms with Crippen molar-refractivity contribution in [2.45, 2.75) is 90.1 Å². The van der Waals surface area contributed by atoms with E-state index in [0.717, 1.165) is 25.7 Å². The second-order valence-corrected chi connectivity index (χ2v) is 8.24. The first kappa shape index (κ1) is 27.0. The van der Waals surface area contributed by atoms with Gasteiger partial charge in [0, 0.05) is 20.6 Å². The number of carbonyl (C=O) groups excluding carboxylic acids is 2. The molecule has 1 amide bonds. The van der Waals surface area contributed by atoms with E-state index in [-0.39, 0.29) is 37.4 Å². The minimum absolute atomic E-state index is 0.0357. The molecule has 0 radical (unpaired) electrons. The number of Topliss-reactive ketones (excluding diaryl/α,β-unsaturated/α-hetero) is 1. The van der Waals surface area contributed by atoms with Gasteiger partial charge in [0.25, 0.3) is 0 Å². The number of hydrogen-bond donors (Lipinski definition) is 0. The Labute approximate surface area is 182 Å². The summed E-state index contributed by atoms with van der Waals surface area (Å²) in [5.41, 5.74) is 0. The summed E-state index contributed by atoms with van der Waals surface area (Å²) in [6.45, 7) is 5.13. The summed E-state index contributed by atoms with van der Waals surface area (Å²) in [6, 6.07) is -0.116. The molecule has 0 bridgehead atoms. The zero-order chi connectivity index (χ0) is 22.2. The highest BCUT2D eigenvalue weighted by atomic mass is 16.7. The van der Waals surface area contributed by atoms with E-state index in [1.165, 1.54) is 32.1 Å². The highest BCUT2D eigenvalue weighted by molar-refractivity contribution is 6.01. The lowest BCUT2D eigenvalue weighted by Crippen LogP contribution is -2.48. The van der Waals surface area contributed by atoms with Gasteiger partial charge in [-0.05, 0) is 26.2 Å². The van der Waals surface area contributed by atoms with Crippen LogP contribution in [0.5, 0.6) is 0 Å². The third kappa shape index (κ3) is 9.86. The Kier molecular flexibility index (Phi) is 15.0. The van der Waals surface area contributed by atoms with Crippen LogP contribution in [-0.4, -0.2) is 69.7 Å².